The highest BCUT2D eigenvalue weighted by Crippen LogP contribution is 2.45. The van der Waals surface area contributed by atoms with Crippen molar-refractivity contribution in [3.63, 3.8) is 0 Å². The second kappa shape index (κ2) is 6.17. The Morgan fingerprint density at radius 1 is 1.44 bits per heavy atom. The van der Waals surface area contributed by atoms with Gasteiger partial charge in [0.25, 0.3) is 5.56 Å². The first kappa shape index (κ1) is 18.0. The van der Waals surface area contributed by atoms with Crippen LogP contribution in [0.2, 0.25) is 0 Å². The van der Waals surface area contributed by atoms with E-state index in [2.05, 4.69) is 4.98 Å². The molecule has 3 atom stereocenters. The molecule has 0 bridgehead atoms. The predicted molar refractivity (Wildman–Crippen MR) is 85.2 cm³/mol. The van der Waals surface area contributed by atoms with Gasteiger partial charge in [-0.25, -0.2) is 4.79 Å². The van der Waals surface area contributed by atoms with Gasteiger partial charge in [0, 0.05) is 18.2 Å². The number of hydrogen-bond acceptors (Lipinski definition) is 7. The minimum absolute atomic E-state index is 0.00950. The molecular formula is C16H22N2O7. The number of H-pyrrole nitrogens is 1. The Hall–Kier alpha value is -1.81. The number of aromatic amines is 1. The van der Waals surface area contributed by atoms with Crippen LogP contribution in [0.1, 0.15) is 32.8 Å². The van der Waals surface area contributed by atoms with Crippen molar-refractivity contribution >= 4 is 5.78 Å². The van der Waals surface area contributed by atoms with Gasteiger partial charge in [-0.05, 0) is 27.2 Å². The average molecular weight is 354 g/mol. The van der Waals surface area contributed by atoms with Crippen LogP contribution in [0.25, 0.3) is 0 Å². The molecule has 0 radical (unpaired) electrons. The molecule has 0 aliphatic carbocycles. The van der Waals surface area contributed by atoms with Gasteiger partial charge < -0.3 is 24.1 Å². The van der Waals surface area contributed by atoms with E-state index in [0.717, 1.165) is 0 Å². The van der Waals surface area contributed by atoms with E-state index in [1.165, 1.54) is 17.7 Å². The van der Waals surface area contributed by atoms with Gasteiger partial charge in [0.05, 0.1) is 13.2 Å². The standard InChI is InChI=1S/C16H22N2O7/c1-9(20)4-5-10-6-18(14(22)17-13(10)21)16-8-23-11(7-19)12(16)24-15(2,3)25-16/h6,11-12,19H,4-5,7-8H2,1-3H3,(H,17,21,22). The van der Waals surface area contributed by atoms with E-state index in [1.807, 2.05) is 0 Å². The normalized spacial score (nSPS) is 30.4. The lowest BCUT2D eigenvalue weighted by molar-refractivity contribution is -0.207. The Morgan fingerprint density at radius 3 is 2.80 bits per heavy atom. The maximum Gasteiger partial charge on any atom is 0.330 e. The number of nitrogens with one attached hydrogen (secondary N) is 1. The molecule has 3 heterocycles. The first-order valence-electron chi connectivity index (χ1n) is 8.14. The summed E-state index contributed by atoms with van der Waals surface area (Å²) >= 11 is 0. The highest BCUT2D eigenvalue weighted by atomic mass is 16.8. The number of carbonyl (C=O) groups excluding carboxylic acids is 1. The van der Waals surface area contributed by atoms with Crippen molar-refractivity contribution in [2.24, 2.45) is 0 Å². The van der Waals surface area contributed by atoms with E-state index in [1.54, 1.807) is 13.8 Å². The summed E-state index contributed by atoms with van der Waals surface area (Å²) in [4.78, 5) is 38.0. The van der Waals surface area contributed by atoms with Crippen LogP contribution in [0.5, 0.6) is 0 Å². The largest absolute Gasteiger partial charge is 0.394 e. The molecule has 9 nitrogen and oxygen atoms in total. The first-order chi connectivity index (χ1) is 11.7. The van der Waals surface area contributed by atoms with Gasteiger partial charge in [-0.2, -0.15) is 0 Å². The average Bonchev–Trinajstić information content (AvgIpc) is 2.96. The van der Waals surface area contributed by atoms with Crippen LogP contribution < -0.4 is 11.2 Å². The van der Waals surface area contributed by atoms with Crippen LogP contribution >= 0.6 is 0 Å². The molecule has 0 saturated carbocycles. The number of aromatic nitrogens is 2. The molecule has 3 rings (SSSR count). The number of fused-ring (bicyclic) bond motifs is 1. The Bertz CT molecular complexity index is 796. The van der Waals surface area contributed by atoms with E-state index in [9.17, 15) is 19.5 Å². The molecule has 0 spiro atoms. The van der Waals surface area contributed by atoms with Crippen LogP contribution in [0.4, 0.5) is 0 Å². The summed E-state index contributed by atoms with van der Waals surface area (Å²) in [6.45, 7) is 4.54. The number of rotatable bonds is 5. The maximum absolute atomic E-state index is 12.4. The van der Waals surface area contributed by atoms with E-state index < -0.39 is 35.0 Å². The van der Waals surface area contributed by atoms with Crippen LogP contribution in [-0.2, 0) is 31.2 Å². The number of ether oxygens (including phenoxy) is 3. The lowest BCUT2D eigenvalue weighted by Gasteiger charge is -2.29. The molecule has 25 heavy (non-hydrogen) atoms. The molecule has 2 fully saturated rings. The third-order valence-electron chi connectivity index (χ3n) is 4.47. The highest BCUT2D eigenvalue weighted by Gasteiger charge is 2.62. The number of ketones is 1. The zero-order chi connectivity index (χ0) is 18.4. The van der Waals surface area contributed by atoms with Crippen molar-refractivity contribution < 1.29 is 24.1 Å². The minimum atomic E-state index is -1.29. The summed E-state index contributed by atoms with van der Waals surface area (Å²) in [5, 5.41) is 9.51. The van der Waals surface area contributed by atoms with Gasteiger partial charge in [0.1, 0.15) is 18.0 Å². The van der Waals surface area contributed by atoms with Gasteiger partial charge in [-0.15, -0.1) is 0 Å². The molecule has 0 amide bonds. The molecule has 1 aromatic heterocycles. The molecule has 2 aliphatic heterocycles. The molecule has 0 aromatic carbocycles. The number of carbonyl (C=O) groups is 1. The fourth-order valence-corrected chi connectivity index (χ4v) is 3.38. The Kier molecular flexibility index (Phi) is 4.44. The summed E-state index contributed by atoms with van der Waals surface area (Å²) in [6.07, 6.45) is 0.430. The summed E-state index contributed by atoms with van der Waals surface area (Å²) in [7, 11) is 0. The Morgan fingerprint density at radius 2 is 2.16 bits per heavy atom. The highest BCUT2D eigenvalue weighted by molar-refractivity contribution is 5.75. The molecule has 138 valence electrons. The van der Waals surface area contributed by atoms with Crippen molar-refractivity contribution in [3.05, 3.63) is 32.6 Å². The van der Waals surface area contributed by atoms with E-state index in [4.69, 9.17) is 14.2 Å². The minimum Gasteiger partial charge on any atom is -0.394 e. The van der Waals surface area contributed by atoms with Gasteiger partial charge in [0.2, 0.25) is 5.72 Å². The smallest absolute Gasteiger partial charge is 0.330 e. The molecule has 3 unspecified atom stereocenters. The monoisotopic (exact) mass is 354 g/mol. The van der Waals surface area contributed by atoms with Gasteiger partial charge in [-0.3, -0.25) is 14.3 Å². The lowest BCUT2D eigenvalue weighted by Crippen LogP contribution is -2.51. The number of nitrogens with zero attached hydrogens (tertiary/aromatic N) is 1. The van der Waals surface area contributed by atoms with Gasteiger partial charge in [0.15, 0.2) is 5.79 Å². The fourth-order valence-electron chi connectivity index (χ4n) is 3.38. The van der Waals surface area contributed by atoms with Crippen LogP contribution in [0.3, 0.4) is 0 Å². The van der Waals surface area contributed by atoms with Crippen molar-refractivity contribution in [2.45, 2.75) is 57.3 Å². The topological polar surface area (TPSA) is 120 Å². The Labute approximate surface area is 143 Å². The summed E-state index contributed by atoms with van der Waals surface area (Å²) in [5.74, 6) is -1.05. The SMILES string of the molecule is CC(=O)CCc1cn(C23COC(CO)C2OC(C)(C)O3)c(=O)[nH]c1=O. The summed E-state index contributed by atoms with van der Waals surface area (Å²) < 4.78 is 18.6. The third kappa shape index (κ3) is 3.08. The first-order valence-corrected chi connectivity index (χ1v) is 8.14. The number of aryl methyl sites for hydroxylation is 1. The third-order valence-corrected chi connectivity index (χ3v) is 4.47. The number of Topliss-reactive ketones (excluding diaryl/α,β-unsaturated/α-hetero) is 1. The van der Waals surface area contributed by atoms with Gasteiger partial charge >= 0.3 is 5.69 Å². The van der Waals surface area contributed by atoms with Crippen LogP contribution in [-0.4, -0.2) is 51.6 Å². The molecule has 9 heteroatoms. The number of aliphatic hydroxyl groups is 1. The molecule has 2 N–H and O–H groups in total. The van der Waals surface area contributed by atoms with Gasteiger partial charge in [-0.1, -0.05) is 0 Å². The quantitative estimate of drug-likeness (QED) is 0.714. The molecule has 2 aliphatic rings. The summed E-state index contributed by atoms with van der Waals surface area (Å²) in [6, 6.07) is 0. The van der Waals surface area contributed by atoms with E-state index in [-0.39, 0.29) is 31.8 Å². The van der Waals surface area contributed by atoms with E-state index in [0.29, 0.717) is 5.56 Å². The second-order valence-corrected chi connectivity index (χ2v) is 6.90. The molecular weight excluding hydrogens is 332 g/mol. The number of hydrogen-bond donors (Lipinski definition) is 2. The van der Waals surface area contributed by atoms with Crippen LogP contribution in [0.15, 0.2) is 15.8 Å². The second-order valence-electron chi connectivity index (χ2n) is 6.90. The van der Waals surface area contributed by atoms with E-state index >= 15 is 0 Å². The molecule has 2 saturated heterocycles. The van der Waals surface area contributed by atoms with Crippen molar-refractivity contribution in [2.75, 3.05) is 13.2 Å². The van der Waals surface area contributed by atoms with Crippen LogP contribution in [0, 0.1) is 0 Å². The van der Waals surface area contributed by atoms with Crippen molar-refractivity contribution in [1.82, 2.24) is 9.55 Å². The fraction of sp³-hybridized carbons (Fsp3) is 0.688. The van der Waals surface area contributed by atoms with Crippen molar-refractivity contribution in [1.29, 1.82) is 0 Å². The summed E-state index contributed by atoms with van der Waals surface area (Å²) in [5.41, 5.74) is -2.19. The zero-order valence-electron chi connectivity index (χ0n) is 14.4. The predicted octanol–water partition coefficient (Wildman–Crippen LogP) is -0.746. The number of aliphatic hydroxyl groups excluding tert-OH is 1. The zero-order valence-corrected chi connectivity index (χ0v) is 14.4. The molecule has 1 aromatic rings. The Balaban J connectivity index is 2.07. The lowest BCUT2D eigenvalue weighted by atomic mass is 10.1. The maximum atomic E-state index is 12.4. The van der Waals surface area contributed by atoms with Crippen molar-refractivity contribution in [3.8, 4) is 0 Å².